The Morgan fingerprint density at radius 3 is 2.53 bits per heavy atom. The number of halogens is 2. The lowest BCUT2D eigenvalue weighted by molar-refractivity contribution is 0.0953. The summed E-state index contributed by atoms with van der Waals surface area (Å²) in [5.41, 5.74) is 1.48. The first-order valence-corrected chi connectivity index (χ1v) is 11.2. The molecule has 0 saturated carbocycles. The number of aryl methyl sites for hydroxylation is 1. The van der Waals surface area contributed by atoms with Gasteiger partial charge in [-0.25, -0.2) is 23.7 Å². The summed E-state index contributed by atoms with van der Waals surface area (Å²) < 4.78 is 28.2. The number of nitrogens with one attached hydrogen (secondary N) is 3. The molecule has 5 aromatic rings. The third-order valence-electron chi connectivity index (χ3n) is 5.60. The van der Waals surface area contributed by atoms with Crippen LogP contribution >= 0.6 is 0 Å². The largest absolute Gasteiger partial charge is 0.352 e. The Morgan fingerprint density at radius 1 is 0.944 bits per heavy atom. The van der Waals surface area contributed by atoms with Gasteiger partial charge in [0.2, 0.25) is 5.56 Å². The molecule has 1 amide bonds. The molecule has 0 fully saturated rings. The molecule has 0 aliphatic heterocycles. The Kier molecular flexibility index (Phi) is 6.31. The summed E-state index contributed by atoms with van der Waals surface area (Å²) >= 11 is 0. The maximum absolute atomic E-state index is 14.7. The molecule has 10 heteroatoms. The molecular weight excluding hydrogens is 466 g/mol. The summed E-state index contributed by atoms with van der Waals surface area (Å²) in [4.78, 5) is 43.3. The summed E-state index contributed by atoms with van der Waals surface area (Å²) in [6, 6.07) is 11.5. The number of hydrogen-bond acceptors (Lipinski definition) is 5. The number of amides is 1. The third kappa shape index (κ3) is 4.88. The van der Waals surface area contributed by atoms with Crippen LogP contribution in [0.5, 0.6) is 0 Å². The Balaban J connectivity index is 1.49. The zero-order valence-electron chi connectivity index (χ0n) is 18.9. The van der Waals surface area contributed by atoms with Crippen molar-refractivity contribution in [1.29, 1.82) is 0 Å². The molecule has 0 radical (unpaired) electrons. The van der Waals surface area contributed by atoms with Crippen molar-refractivity contribution in [2.45, 2.75) is 12.8 Å². The highest BCUT2D eigenvalue weighted by molar-refractivity contribution is 5.98. The van der Waals surface area contributed by atoms with Crippen molar-refractivity contribution >= 4 is 16.9 Å². The predicted molar refractivity (Wildman–Crippen MR) is 130 cm³/mol. The van der Waals surface area contributed by atoms with E-state index in [4.69, 9.17) is 0 Å². The molecule has 0 aliphatic rings. The molecule has 36 heavy (non-hydrogen) atoms. The summed E-state index contributed by atoms with van der Waals surface area (Å²) in [6.07, 6.45) is 5.78. The normalized spacial score (nSPS) is 11.1. The van der Waals surface area contributed by atoms with Gasteiger partial charge in [-0.15, -0.1) is 0 Å². The van der Waals surface area contributed by atoms with Crippen molar-refractivity contribution in [2.75, 3.05) is 6.54 Å². The van der Waals surface area contributed by atoms with E-state index in [0.29, 0.717) is 41.5 Å². The maximum atomic E-state index is 14.7. The number of fused-ring (bicyclic) bond motifs is 1. The topological polar surface area (TPSA) is 116 Å². The van der Waals surface area contributed by atoms with Crippen LogP contribution < -0.4 is 10.9 Å². The molecule has 0 aliphatic carbocycles. The van der Waals surface area contributed by atoms with Crippen molar-refractivity contribution in [3.05, 3.63) is 100 Å². The summed E-state index contributed by atoms with van der Waals surface area (Å²) in [5.74, 6) is -0.570. The second-order valence-electron chi connectivity index (χ2n) is 8.09. The zero-order chi connectivity index (χ0) is 25.1. The lowest BCUT2D eigenvalue weighted by Gasteiger charge is -2.12. The number of nitrogens with zero attached hydrogens (tertiary/aromatic N) is 3. The summed E-state index contributed by atoms with van der Waals surface area (Å²) in [5, 5.41) is 2.86. The van der Waals surface area contributed by atoms with E-state index in [9.17, 15) is 18.4 Å². The van der Waals surface area contributed by atoms with E-state index in [1.165, 1.54) is 24.3 Å². The quantitative estimate of drug-likeness (QED) is 0.301. The molecule has 180 valence electrons. The monoisotopic (exact) mass is 486 g/mol. The van der Waals surface area contributed by atoms with Crippen molar-refractivity contribution in [1.82, 2.24) is 30.2 Å². The van der Waals surface area contributed by atoms with E-state index in [1.54, 1.807) is 30.6 Å². The van der Waals surface area contributed by atoms with Crippen LogP contribution in [0.15, 0.2) is 71.9 Å². The molecular formula is C26H20F2N6O2. The number of benzene rings is 2. The fourth-order valence-electron chi connectivity index (χ4n) is 3.82. The molecule has 0 bridgehead atoms. The van der Waals surface area contributed by atoms with Crippen molar-refractivity contribution < 1.29 is 13.6 Å². The Bertz CT molecular complexity index is 1600. The molecule has 5 rings (SSSR count). The number of aromatic nitrogens is 5. The van der Waals surface area contributed by atoms with Gasteiger partial charge in [-0.1, -0.05) is 0 Å². The smallest absolute Gasteiger partial charge is 0.251 e. The van der Waals surface area contributed by atoms with Gasteiger partial charge in [0.1, 0.15) is 23.2 Å². The van der Waals surface area contributed by atoms with E-state index >= 15 is 0 Å². The van der Waals surface area contributed by atoms with Gasteiger partial charge in [0.25, 0.3) is 5.91 Å². The SMILES string of the molecule is O=C(NCCCc1ncc[nH]1)c1ccc2nc(-c3ccc(F)cc3)c(-c3cc(=O)[nH]cc3F)nc2c1. The molecule has 3 N–H and O–H groups in total. The first-order chi connectivity index (χ1) is 17.5. The van der Waals surface area contributed by atoms with Crippen LogP contribution in [0.3, 0.4) is 0 Å². The van der Waals surface area contributed by atoms with E-state index in [0.717, 1.165) is 18.1 Å². The molecule has 2 aromatic carbocycles. The first kappa shape index (κ1) is 23.0. The Morgan fingerprint density at radius 2 is 1.75 bits per heavy atom. The minimum Gasteiger partial charge on any atom is -0.352 e. The molecule has 0 unspecified atom stereocenters. The molecule has 0 saturated heterocycles. The van der Waals surface area contributed by atoms with Crippen LogP contribution in [-0.2, 0) is 6.42 Å². The highest BCUT2D eigenvalue weighted by Crippen LogP contribution is 2.32. The number of H-pyrrole nitrogens is 2. The average molecular weight is 486 g/mol. The standard InChI is InChI=1S/C26H20F2N6O2/c27-17-6-3-15(4-7-17)24-25(18-13-23(35)32-14-19(18)28)34-21-12-16(5-8-20(21)33-24)26(36)31-9-1-2-22-29-10-11-30-22/h3-8,10-14H,1-2,9H2,(H,29,30)(H,31,36)(H,32,35). The van der Waals surface area contributed by atoms with Crippen molar-refractivity contribution in [3.63, 3.8) is 0 Å². The van der Waals surface area contributed by atoms with E-state index < -0.39 is 17.2 Å². The van der Waals surface area contributed by atoms with Crippen LogP contribution in [0.4, 0.5) is 8.78 Å². The van der Waals surface area contributed by atoms with Crippen LogP contribution in [0, 0.1) is 11.6 Å². The molecule has 0 atom stereocenters. The van der Waals surface area contributed by atoms with Gasteiger partial charge in [0.15, 0.2) is 0 Å². The highest BCUT2D eigenvalue weighted by Gasteiger charge is 2.18. The second kappa shape index (κ2) is 9.87. The molecule has 0 spiro atoms. The number of pyridine rings is 1. The lowest BCUT2D eigenvalue weighted by Crippen LogP contribution is -2.24. The number of aromatic amines is 2. The average Bonchev–Trinajstić information content (AvgIpc) is 3.41. The van der Waals surface area contributed by atoms with Gasteiger partial charge in [-0.2, -0.15) is 0 Å². The first-order valence-electron chi connectivity index (χ1n) is 11.2. The summed E-state index contributed by atoms with van der Waals surface area (Å²) in [6.45, 7) is 0.454. The van der Waals surface area contributed by atoms with Crippen LogP contribution in [-0.4, -0.2) is 37.4 Å². The number of imidazole rings is 1. The van der Waals surface area contributed by atoms with Gasteiger partial charge >= 0.3 is 0 Å². The number of carbonyl (C=O) groups excluding carboxylic acids is 1. The Labute approximate surface area is 203 Å². The lowest BCUT2D eigenvalue weighted by atomic mass is 10.0. The molecule has 3 aromatic heterocycles. The number of hydrogen-bond donors (Lipinski definition) is 3. The van der Waals surface area contributed by atoms with Gasteiger partial charge in [-0.05, 0) is 48.9 Å². The number of rotatable bonds is 7. The molecule has 8 nitrogen and oxygen atoms in total. The van der Waals surface area contributed by atoms with Gasteiger partial charge in [0.05, 0.1) is 16.7 Å². The van der Waals surface area contributed by atoms with Crippen LogP contribution in [0.1, 0.15) is 22.6 Å². The van der Waals surface area contributed by atoms with Crippen molar-refractivity contribution in [2.24, 2.45) is 0 Å². The maximum Gasteiger partial charge on any atom is 0.251 e. The van der Waals surface area contributed by atoms with Gasteiger partial charge < -0.3 is 15.3 Å². The fourth-order valence-corrected chi connectivity index (χ4v) is 3.82. The van der Waals surface area contributed by atoms with Gasteiger partial charge in [-0.3, -0.25) is 9.59 Å². The van der Waals surface area contributed by atoms with Crippen molar-refractivity contribution in [3.8, 4) is 22.5 Å². The van der Waals surface area contributed by atoms with E-state index in [1.807, 2.05) is 0 Å². The highest BCUT2D eigenvalue weighted by atomic mass is 19.1. The van der Waals surface area contributed by atoms with E-state index in [2.05, 4.69) is 30.2 Å². The number of carbonyl (C=O) groups is 1. The van der Waals surface area contributed by atoms with Gasteiger partial charge in [0, 0.05) is 54.3 Å². The third-order valence-corrected chi connectivity index (χ3v) is 5.60. The zero-order valence-corrected chi connectivity index (χ0v) is 18.9. The molecule has 3 heterocycles. The van der Waals surface area contributed by atoms with Crippen LogP contribution in [0.25, 0.3) is 33.5 Å². The van der Waals surface area contributed by atoms with Crippen LogP contribution in [0.2, 0.25) is 0 Å². The Hall–Kier alpha value is -4.73. The van der Waals surface area contributed by atoms with E-state index in [-0.39, 0.29) is 22.9 Å². The minimum atomic E-state index is -0.697. The minimum absolute atomic E-state index is 0.0553. The summed E-state index contributed by atoms with van der Waals surface area (Å²) in [7, 11) is 0. The second-order valence-corrected chi connectivity index (χ2v) is 8.09. The predicted octanol–water partition coefficient (Wildman–Crippen LogP) is 4.02. The fraction of sp³-hybridized carbons (Fsp3) is 0.115.